The van der Waals surface area contributed by atoms with E-state index in [2.05, 4.69) is 79.1 Å². The fourth-order valence-electron chi connectivity index (χ4n) is 5.07. The minimum atomic E-state index is -4.64. The van der Waals surface area contributed by atoms with Crippen LogP contribution in [0.25, 0.3) is 0 Å². The smallest absolute Gasteiger partial charge is 0.462 e. The molecule has 0 saturated carbocycles. The second-order valence-corrected chi connectivity index (χ2v) is 15.1. The molecule has 0 aliphatic carbocycles. The Kier molecular flexibility index (Phi) is 37.8. The second-order valence-electron chi connectivity index (χ2n) is 13.7. The van der Waals surface area contributed by atoms with Gasteiger partial charge < -0.3 is 24.6 Å². The maximum atomic E-state index is 12.6. The molecule has 0 aromatic rings. The van der Waals surface area contributed by atoms with E-state index >= 15 is 0 Å². The summed E-state index contributed by atoms with van der Waals surface area (Å²) in [6.45, 7) is 2.22. The number of ether oxygens (including phenoxy) is 2. The topological polar surface area (TPSA) is 149 Å². The first-order valence-electron chi connectivity index (χ1n) is 20.9. The van der Waals surface area contributed by atoms with Crippen molar-refractivity contribution in [3.63, 3.8) is 0 Å². The van der Waals surface area contributed by atoms with Gasteiger partial charge in [-0.25, -0.2) is 4.57 Å². The van der Waals surface area contributed by atoms with Gasteiger partial charge >= 0.3 is 19.8 Å². The summed E-state index contributed by atoms with van der Waals surface area (Å²) in [4.78, 5) is 34.9. The number of carbonyl (C=O) groups is 2. The molecular formula is C44H75O10P. The quantitative estimate of drug-likeness (QED) is 0.0239. The zero-order valence-corrected chi connectivity index (χ0v) is 35.0. The number of unbranched alkanes of at least 4 members (excludes halogenated alkanes) is 12. The molecule has 0 saturated heterocycles. The van der Waals surface area contributed by atoms with Crippen LogP contribution in [0.15, 0.2) is 72.9 Å². The third-order valence-electron chi connectivity index (χ3n) is 8.33. The molecule has 0 radical (unpaired) electrons. The van der Waals surface area contributed by atoms with Gasteiger partial charge in [0, 0.05) is 12.8 Å². The lowest BCUT2D eigenvalue weighted by Crippen LogP contribution is -2.29. The van der Waals surface area contributed by atoms with Crippen LogP contribution in [0.4, 0.5) is 0 Å². The van der Waals surface area contributed by atoms with Gasteiger partial charge in [0.15, 0.2) is 6.10 Å². The highest BCUT2D eigenvalue weighted by molar-refractivity contribution is 7.47. The normalized spacial score (nSPS) is 14.6. The number of carbonyl (C=O) groups excluding carboxylic acids is 2. The molecule has 3 atom stereocenters. The largest absolute Gasteiger partial charge is 0.472 e. The molecule has 0 aliphatic rings. The van der Waals surface area contributed by atoms with E-state index in [0.29, 0.717) is 19.3 Å². The molecule has 0 heterocycles. The van der Waals surface area contributed by atoms with Crippen LogP contribution in [-0.4, -0.2) is 65.7 Å². The van der Waals surface area contributed by atoms with Crippen molar-refractivity contribution in [2.75, 3.05) is 26.4 Å². The highest BCUT2D eigenvalue weighted by atomic mass is 31.2. The summed E-state index contributed by atoms with van der Waals surface area (Å²) in [6, 6.07) is 0. The molecule has 0 amide bonds. The summed E-state index contributed by atoms with van der Waals surface area (Å²) < 4.78 is 32.6. The minimum Gasteiger partial charge on any atom is -0.462 e. The van der Waals surface area contributed by atoms with E-state index < -0.39 is 51.8 Å². The van der Waals surface area contributed by atoms with Gasteiger partial charge in [-0.2, -0.15) is 0 Å². The van der Waals surface area contributed by atoms with Crippen molar-refractivity contribution in [3.8, 4) is 0 Å². The molecule has 316 valence electrons. The summed E-state index contributed by atoms with van der Waals surface area (Å²) in [5, 5.41) is 18.3. The lowest BCUT2D eigenvalue weighted by Gasteiger charge is -2.20. The number of allylic oxidation sites excluding steroid dienone is 12. The molecule has 0 aliphatic heterocycles. The lowest BCUT2D eigenvalue weighted by atomic mass is 10.1. The number of aliphatic hydroxyl groups is 2. The van der Waals surface area contributed by atoms with Crippen molar-refractivity contribution in [2.24, 2.45) is 0 Å². The fraction of sp³-hybridized carbons (Fsp3) is 0.682. The SMILES string of the molecule is CCCCCC=CCC=CCC=CCC=CCCCC(=O)O[C@H](COC(=O)CCCCCCCC=CCC=CCCCCC)COP(=O)(O)OC[C@@H](O)CO. The molecule has 0 aromatic heterocycles. The van der Waals surface area contributed by atoms with Crippen molar-refractivity contribution in [3.05, 3.63) is 72.9 Å². The number of hydrogen-bond acceptors (Lipinski definition) is 9. The summed E-state index contributed by atoms with van der Waals surface area (Å²) in [5.74, 6) is -1.01. The van der Waals surface area contributed by atoms with Gasteiger partial charge in [-0.1, -0.05) is 132 Å². The Labute approximate surface area is 333 Å². The highest BCUT2D eigenvalue weighted by Gasteiger charge is 2.27. The van der Waals surface area contributed by atoms with Gasteiger partial charge in [0.25, 0.3) is 0 Å². The predicted octanol–water partition coefficient (Wildman–Crippen LogP) is 10.9. The Bertz CT molecular complexity index is 1140. The predicted molar refractivity (Wildman–Crippen MR) is 223 cm³/mol. The van der Waals surface area contributed by atoms with E-state index in [9.17, 15) is 24.2 Å². The molecule has 0 aromatic carbocycles. The first-order valence-corrected chi connectivity index (χ1v) is 22.4. The van der Waals surface area contributed by atoms with Crippen LogP contribution in [0, 0.1) is 0 Å². The maximum absolute atomic E-state index is 12.6. The van der Waals surface area contributed by atoms with Crippen molar-refractivity contribution in [1.29, 1.82) is 0 Å². The molecule has 55 heavy (non-hydrogen) atoms. The van der Waals surface area contributed by atoms with Crippen molar-refractivity contribution < 1.29 is 47.8 Å². The molecule has 11 heteroatoms. The van der Waals surface area contributed by atoms with Crippen LogP contribution in [-0.2, 0) is 32.7 Å². The van der Waals surface area contributed by atoms with Crippen LogP contribution in [0.3, 0.4) is 0 Å². The van der Waals surface area contributed by atoms with E-state index in [4.69, 9.17) is 19.1 Å². The zero-order valence-electron chi connectivity index (χ0n) is 34.1. The van der Waals surface area contributed by atoms with Gasteiger partial charge in [-0.3, -0.25) is 18.6 Å². The summed E-state index contributed by atoms with van der Waals surface area (Å²) >= 11 is 0. The van der Waals surface area contributed by atoms with Crippen molar-refractivity contribution >= 4 is 19.8 Å². The van der Waals surface area contributed by atoms with Crippen LogP contribution < -0.4 is 0 Å². The van der Waals surface area contributed by atoms with Gasteiger partial charge in [0.05, 0.1) is 19.8 Å². The number of phosphoric ester groups is 1. The number of hydrogen-bond donors (Lipinski definition) is 3. The van der Waals surface area contributed by atoms with Gasteiger partial charge in [0.2, 0.25) is 0 Å². The lowest BCUT2D eigenvalue weighted by molar-refractivity contribution is -0.161. The van der Waals surface area contributed by atoms with Crippen molar-refractivity contribution in [1.82, 2.24) is 0 Å². The highest BCUT2D eigenvalue weighted by Crippen LogP contribution is 2.43. The molecule has 10 nitrogen and oxygen atoms in total. The Hall–Kier alpha value is -2.59. The standard InChI is InChI=1S/C44H75O10P/c1-3-5-7-9-11-13-15-17-19-20-22-24-26-28-30-32-34-36-44(48)54-42(40-53-55(49,50)52-38-41(46)37-45)39-51-43(47)35-33-31-29-27-25-23-21-18-16-14-12-10-8-6-4-2/h11-14,17-19,21-22,24,28,30,41-42,45-46H,3-10,15-16,20,23,25-27,29,31-40H2,1-2H3,(H,49,50)/t41-,42+/m0/s1. The molecule has 3 N–H and O–H groups in total. The fourth-order valence-corrected chi connectivity index (χ4v) is 5.86. The van der Waals surface area contributed by atoms with E-state index in [0.717, 1.165) is 70.6 Å². The van der Waals surface area contributed by atoms with Crippen LogP contribution in [0.1, 0.15) is 155 Å². The monoisotopic (exact) mass is 795 g/mol. The van der Waals surface area contributed by atoms with Gasteiger partial charge in [-0.05, 0) is 83.5 Å². The van der Waals surface area contributed by atoms with Gasteiger partial charge in [0.1, 0.15) is 12.7 Å². The first kappa shape index (κ1) is 52.4. The molecule has 0 spiro atoms. The molecule has 1 unspecified atom stereocenters. The minimum absolute atomic E-state index is 0.102. The molecule has 0 bridgehead atoms. The van der Waals surface area contributed by atoms with Crippen LogP contribution >= 0.6 is 7.82 Å². The summed E-state index contributed by atoms with van der Waals surface area (Å²) in [6.07, 6.45) is 44.4. The first-order chi connectivity index (χ1) is 26.7. The van der Waals surface area contributed by atoms with E-state index in [-0.39, 0.29) is 19.4 Å². The number of rotatable bonds is 38. The van der Waals surface area contributed by atoms with E-state index in [1.807, 2.05) is 12.2 Å². The van der Waals surface area contributed by atoms with Crippen molar-refractivity contribution in [2.45, 2.75) is 167 Å². The maximum Gasteiger partial charge on any atom is 0.472 e. The van der Waals surface area contributed by atoms with E-state index in [1.165, 1.54) is 38.5 Å². The average molecular weight is 795 g/mol. The van der Waals surface area contributed by atoms with Crippen LogP contribution in [0.5, 0.6) is 0 Å². The molecule has 0 rings (SSSR count). The third-order valence-corrected chi connectivity index (χ3v) is 9.28. The van der Waals surface area contributed by atoms with Gasteiger partial charge in [-0.15, -0.1) is 0 Å². The molecular weight excluding hydrogens is 719 g/mol. The zero-order chi connectivity index (χ0) is 40.5. The summed E-state index contributed by atoms with van der Waals surface area (Å²) in [7, 11) is -4.64. The summed E-state index contributed by atoms with van der Waals surface area (Å²) in [5.41, 5.74) is 0. The third kappa shape index (κ3) is 39.4. The van der Waals surface area contributed by atoms with Crippen LogP contribution in [0.2, 0.25) is 0 Å². The average Bonchev–Trinajstić information content (AvgIpc) is 3.17. The Morgan fingerprint density at radius 3 is 1.47 bits per heavy atom. The number of phosphoric acid groups is 1. The number of aliphatic hydroxyl groups excluding tert-OH is 2. The molecule has 0 fully saturated rings. The van der Waals surface area contributed by atoms with E-state index in [1.54, 1.807) is 0 Å². The Balaban J connectivity index is 4.46. The Morgan fingerprint density at radius 1 is 0.545 bits per heavy atom. The second kappa shape index (κ2) is 39.6. The Morgan fingerprint density at radius 2 is 0.964 bits per heavy atom. The number of esters is 2.